The molecule has 1 aliphatic heterocycles. The molecule has 1 aromatic carbocycles. The second-order valence-corrected chi connectivity index (χ2v) is 5.20. The summed E-state index contributed by atoms with van der Waals surface area (Å²) in [5.74, 6) is -0.325. The number of amides is 1. The highest BCUT2D eigenvalue weighted by atomic mass is 19.1. The molecule has 120 valence electrons. The number of fused-ring (bicyclic) bond motifs is 1. The number of nitrogens with zero attached hydrogens (tertiary/aromatic N) is 3. The number of carbonyl (C=O) groups is 1. The van der Waals surface area contributed by atoms with Crippen molar-refractivity contribution < 1.29 is 14.0 Å². The van der Waals surface area contributed by atoms with Crippen molar-refractivity contribution in [3.8, 4) is 0 Å². The van der Waals surface area contributed by atoms with Crippen LogP contribution in [0.4, 0.5) is 9.18 Å². The first-order valence-corrected chi connectivity index (χ1v) is 7.45. The summed E-state index contributed by atoms with van der Waals surface area (Å²) in [6.07, 6.45) is 3.38. The average Bonchev–Trinajstić information content (AvgIpc) is 2.59. The van der Waals surface area contributed by atoms with Crippen LogP contribution < -0.4 is 5.48 Å². The number of halogens is 1. The van der Waals surface area contributed by atoms with Gasteiger partial charge in [-0.25, -0.2) is 19.2 Å². The van der Waals surface area contributed by atoms with E-state index in [4.69, 9.17) is 4.84 Å². The average molecular weight is 316 g/mol. The van der Waals surface area contributed by atoms with Crippen LogP contribution in [0.5, 0.6) is 0 Å². The first-order valence-electron chi connectivity index (χ1n) is 7.45. The van der Waals surface area contributed by atoms with Gasteiger partial charge in [0.1, 0.15) is 18.2 Å². The van der Waals surface area contributed by atoms with Crippen molar-refractivity contribution in [3.63, 3.8) is 0 Å². The molecule has 0 fully saturated rings. The predicted molar refractivity (Wildman–Crippen MR) is 80.8 cm³/mol. The van der Waals surface area contributed by atoms with E-state index in [1.54, 1.807) is 23.2 Å². The molecule has 6 nitrogen and oxygen atoms in total. The molecule has 2 heterocycles. The van der Waals surface area contributed by atoms with Crippen molar-refractivity contribution in [2.75, 3.05) is 13.1 Å². The third kappa shape index (κ3) is 3.14. The summed E-state index contributed by atoms with van der Waals surface area (Å²) in [7, 11) is 0. The largest absolute Gasteiger partial charge is 0.429 e. The molecule has 1 amide bonds. The van der Waals surface area contributed by atoms with Gasteiger partial charge in [-0.3, -0.25) is 4.90 Å². The van der Waals surface area contributed by atoms with Crippen LogP contribution in [0, 0.1) is 5.82 Å². The normalized spacial score (nSPS) is 16.8. The minimum Gasteiger partial charge on any atom is -0.354 e. The highest BCUT2D eigenvalue weighted by Gasteiger charge is 2.34. The SMILES string of the molecule is CCNOC(=O)N1CCc2cncnc2C1c1ccc(F)cc1. The Morgan fingerprint density at radius 2 is 2.22 bits per heavy atom. The van der Waals surface area contributed by atoms with Gasteiger partial charge in [0.05, 0.1) is 5.69 Å². The Hall–Kier alpha value is -2.54. The third-order valence-corrected chi connectivity index (χ3v) is 3.74. The third-order valence-electron chi connectivity index (χ3n) is 3.74. The Morgan fingerprint density at radius 3 is 2.96 bits per heavy atom. The lowest BCUT2D eigenvalue weighted by Crippen LogP contribution is -2.43. The highest BCUT2D eigenvalue weighted by molar-refractivity contribution is 5.69. The number of rotatable bonds is 3. The molecule has 2 aromatic rings. The molecule has 7 heteroatoms. The van der Waals surface area contributed by atoms with Crippen molar-refractivity contribution in [1.29, 1.82) is 0 Å². The van der Waals surface area contributed by atoms with Gasteiger partial charge in [0.15, 0.2) is 0 Å². The molecule has 1 unspecified atom stereocenters. The molecule has 0 saturated carbocycles. The number of aromatic nitrogens is 2. The molecule has 0 bridgehead atoms. The van der Waals surface area contributed by atoms with Crippen molar-refractivity contribution >= 4 is 6.09 Å². The maximum atomic E-state index is 13.2. The first kappa shape index (κ1) is 15.4. The Morgan fingerprint density at radius 1 is 1.43 bits per heavy atom. The van der Waals surface area contributed by atoms with E-state index in [2.05, 4.69) is 15.4 Å². The van der Waals surface area contributed by atoms with Crippen LogP contribution in [0.1, 0.15) is 29.8 Å². The summed E-state index contributed by atoms with van der Waals surface area (Å²) in [5.41, 5.74) is 5.07. The smallest absolute Gasteiger partial charge is 0.354 e. The molecule has 3 rings (SSSR count). The fraction of sp³-hybridized carbons (Fsp3) is 0.312. The molecule has 0 spiro atoms. The lowest BCUT2D eigenvalue weighted by atomic mass is 9.93. The number of carbonyl (C=O) groups excluding carboxylic acids is 1. The second-order valence-electron chi connectivity index (χ2n) is 5.20. The Balaban J connectivity index is 1.99. The number of hydrogen-bond acceptors (Lipinski definition) is 5. The minimum absolute atomic E-state index is 0.325. The van der Waals surface area contributed by atoms with Gasteiger partial charge in [-0.05, 0) is 36.6 Å². The van der Waals surface area contributed by atoms with Gasteiger partial charge in [-0.1, -0.05) is 12.1 Å². The van der Waals surface area contributed by atoms with Crippen LogP contribution >= 0.6 is 0 Å². The van der Waals surface area contributed by atoms with Crippen LogP contribution in [0.2, 0.25) is 0 Å². The highest BCUT2D eigenvalue weighted by Crippen LogP contribution is 2.33. The number of benzene rings is 1. The lowest BCUT2D eigenvalue weighted by Gasteiger charge is -2.35. The van der Waals surface area contributed by atoms with Crippen molar-refractivity contribution in [2.45, 2.75) is 19.4 Å². The summed E-state index contributed by atoms with van der Waals surface area (Å²) in [6, 6.07) is 5.64. The minimum atomic E-state index is -0.481. The van der Waals surface area contributed by atoms with Crippen molar-refractivity contribution in [1.82, 2.24) is 20.3 Å². The first-order chi connectivity index (χ1) is 11.2. The van der Waals surface area contributed by atoms with Crippen LogP contribution in [0.3, 0.4) is 0 Å². The zero-order chi connectivity index (χ0) is 16.2. The summed E-state index contributed by atoms with van der Waals surface area (Å²) in [5, 5.41) is 0. The zero-order valence-corrected chi connectivity index (χ0v) is 12.7. The van der Waals surface area contributed by atoms with E-state index >= 15 is 0 Å². The van der Waals surface area contributed by atoms with Gasteiger partial charge < -0.3 is 4.84 Å². The molecule has 0 radical (unpaired) electrons. The fourth-order valence-corrected chi connectivity index (χ4v) is 2.70. The topological polar surface area (TPSA) is 67.3 Å². The molecule has 1 N–H and O–H groups in total. The summed E-state index contributed by atoms with van der Waals surface area (Å²) in [6.45, 7) is 2.83. The Kier molecular flexibility index (Phi) is 4.47. The van der Waals surface area contributed by atoms with Crippen LogP contribution in [0.25, 0.3) is 0 Å². The molecule has 1 atom stereocenters. The molecule has 0 saturated heterocycles. The van der Waals surface area contributed by atoms with E-state index in [1.165, 1.54) is 18.5 Å². The maximum absolute atomic E-state index is 13.2. The molecular weight excluding hydrogens is 299 g/mol. The standard InChI is InChI=1S/C16H17FN4O2/c1-2-20-23-16(22)21-8-7-12-9-18-10-19-14(12)15(21)11-3-5-13(17)6-4-11/h3-6,9-10,15,20H,2,7-8H2,1H3. The second kappa shape index (κ2) is 6.70. The van der Waals surface area contributed by atoms with E-state index in [0.29, 0.717) is 19.5 Å². The monoisotopic (exact) mass is 316 g/mol. The molecule has 23 heavy (non-hydrogen) atoms. The van der Waals surface area contributed by atoms with Gasteiger partial charge >= 0.3 is 6.09 Å². The van der Waals surface area contributed by atoms with Crippen LogP contribution in [0.15, 0.2) is 36.8 Å². The van der Waals surface area contributed by atoms with Gasteiger partial charge in [0, 0.05) is 19.3 Å². The van der Waals surface area contributed by atoms with Crippen LogP contribution in [-0.2, 0) is 11.3 Å². The van der Waals surface area contributed by atoms with Crippen molar-refractivity contribution in [3.05, 3.63) is 59.4 Å². The quantitative estimate of drug-likeness (QED) is 0.880. The maximum Gasteiger partial charge on any atom is 0.429 e. The summed E-state index contributed by atoms with van der Waals surface area (Å²) < 4.78 is 13.2. The van der Waals surface area contributed by atoms with Crippen LogP contribution in [-0.4, -0.2) is 34.1 Å². The van der Waals surface area contributed by atoms with Gasteiger partial charge in [0.25, 0.3) is 0 Å². The van der Waals surface area contributed by atoms with E-state index in [1.807, 2.05) is 6.92 Å². The zero-order valence-electron chi connectivity index (χ0n) is 12.7. The number of hydrogen-bond donors (Lipinski definition) is 1. The van der Waals surface area contributed by atoms with Gasteiger partial charge in [0.2, 0.25) is 0 Å². The Labute approximate surface area is 133 Å². The van der Waals surface area contributed by atoms with E-state index in [0.717, 1.165) is 16.8 Å². The number of hydroxylamine groups is 1. The molecule has 1 aromatic heterocycles. The number of nitrogens with one attached hydrogen (secondary N) is 1. The molecule has 0 aliphatic carbocycles. The van der Waals surface area contributed by atoms with Crippen molar-refractivity contribution in [2.24, 2.45) is 0 Å². The Bertz CT molecular complexity index is 693. The predicted octanol–water partition coefficient (Wildman–Crippen LogP) is 2.22. The lowest BCUT2D eigenvalue weighted by molar-refractivity contribution is 0.0471. The fourth-order valence-electron chi connectivity index (χ4n) is 2.70. The van der Waals surface area contributed by atoms with Gasteiger partial charge in [-0.15, -0.1) is 0 Å². The molecular formula is C16H17FN4O2. The van der Waals surface area contributed by atoms with E-state index in [9.17, 15) is 9.18 Å². The summed E-state index contributed by atoms with van der Waals surface area (Å²) in [4.78, 5) is 27.3. The van der Waals surface area contributed by atoms with Gasteiger partial charge in [-0.2, -0.15) is 5.48 Å². The molecule has 1 aliphatic rings. The summed E-state index contributed by atoms with van der Waals surface area (Å²) >= 11 is 0. The van der Waals surface area contributed by atoms with E-state index < -0.39 is 12.1 Å². The van der Waals surface area contributed by atoms with E-state index in [-0.39, 0.29) is 5.82 Å².